The van der Waals surface area contributed by atoms with Gasteiger partial charge in [-0.2, -0.15) is 0 Å². The number of aromatic nitrogens is 2. The Morgan fingerprint density at radius 1 is 1.16 bits per heavy atom. The minimum absolute atomic E-state index is 0.393. The van der Waals surface area contributed by atoms with Crippen molar-refractivity contribution >= 4 is 11.7 Å². The molecule has 0 aliphatic rings. The third-order valence-electron chi connectivity index (χ3n) is 2.74. The number of hydrogen-bond acceptors (Lipinski definition) is 5. The van der Waals surface area contributed by atoms with Crippen LogP contribution in [0.15, 0.2) is 28.7 Å². The van der Waals surface area contributed by atoms with E-state index in [1.54, 1.807) is 0 Å². The molecule has 1 aromatic carbocycles. The van der Waals surface area contributed by atoms with Gasteiger partial charge in [0, 0.05) is 11.7 Å². The van der Waals surface area contributed by atoms with Gasteiger partial charge in [-0.1, -0.05) is 38.0 Å². The van der Waals surface area contributed by atoms with Gasteiger partial charge in [0.25, 0.3) is 0 Å². The van der Waals surface area contributed by atoms with Crippen LogP contribution in [-0.2, 0) is 13.0 Å². The zero-order valence-electron chi connectivity index (χ0n) is 11.6. The van der Waals surface area contributed by atoms with Crippen molar-refractivity contribution in [1.82, 2.24) is 15.5 Å². The molecule has 19 heavy (non-hydrogen) atoms. The highest BCUT2D eigenvalue weighted by Crippen LogP contribution is 2.16. The number of aryl methyl sites for hydroxylation is 1. The second kappa shape index (κ2) is 6.33. The second-order valence-electron chi connectivity index (χ2n) is 4.71. The summed E-state index contributed by atoms with van der Waals surface area (Å²) in [7, 11) is 0. The SMILES string of the molecule is CCc1ccc(Nc2nnc(CNC(C)C)o2)cc1. The fraction of sp³-hybridized carbons (Fsp3) is 0.429. The van der Waals surface area contributed by atoms with Crippen LogP contribution in [0.4, 0.5) is 11.7 Å². The predicted molar refractivity (Wildman–Crippen MR) is 75.4 cm³/mol. The Morgan fingerprint density at radius 3 is 2.53 bits per heavy atom. The third kappa shape index (κ3) is 4.06. The quantitative estimate of drug-likeness (QED) is 0.836. The number of anilines is 2. The lowest BCUT2D eigenvalue weighted by Gasteiger charge is -2.04. The zero-order valence-corrected chi connectivity index (χ0v) is 11.6. The van der Waals surface area contributed by atoms with E-state index in [2.05, 4.69) is 53.7 Å². The van der Waals surface area contributed by atoms with E-state index in [1.807, 2.05) is 12.1 Å². The summed E-state index contributed by atoms with van der Waals surface area (Å²) in [5.41, 5.74) is 2.25. The summed E-state index contributed by atoms with van der Waals surface area (Å²) in [6, 6.07) is 9.00. The van der Waals surface area contributed by atoms with Gasteiger partial charge in [-0.15, -0.1) is 5.10 Å². The first-order valence-corrected chi connectivity index (χ1v) is 6.59. The summed E-state index contributed by atoms with van der Waals surface area (Å²) in [6.45, 7) is 6.87. The van der Waals surface area contributed by atoms with Crippen LogP contribution < -0.4 is 10.6 Å². The first-order chi connectivity index (χ1) is 9.17. The summed E-state index contributed by atoms with van der Waals surface area (Å²) >= 11 is 0. The summed E-state index contributed by atoms with van der Waals surface area (Å²) in [4.78, 5) is 0. The molecule has 0 spiro atoms. The molecule has 0 atom stereocenters. The molecule has 0 unspecified atom stereocenters. The molecule has 0 saturated carbocycles. The Balaban J connectivity index is 1.95. The van der Waals surface area contributed by atoms with Crippen LogP contribution in [0.3, 0.4) is 0 Å². The Morgan fingerprint density at radius 2 is 1.89 bits per heavy atom. The minimum atomic E-state index is 0.393. The summed E-state index contributed by atoms with van der Waals surface area (Å²) in [5, 5.41) is 14.3. The predicted octanol–water partition coefficient (Wildman–Crippen LogP) is 2.87. The second-order valence-corrected chi connectivity index (χ2v) is 4.71. The maximum Gasteiger partial charge on any atom is 0.320 e. The average molecular weight is 260 g/mol. The van der Waals surface area contributed by atoms with Crippen LogP contribution in [0.2, 0.25) is 0 Å². The molecule has 0 fully saturated rings. The van der Waals surface area contributed by atoms with Gasteiger partial charge in [-0.3, -0.25) is 0 Å². The lowest BCUT2D eigenvalue weighted by atomic mass is 10.1. The number of benzene rings is 1. The molecular weight excluding hydrogens is 240 g/mol. The molecular formula is C14H20N4O. The molecule has 102 valence electrons. The standard InChI is InChI=1S/C14H20N4O/c1-4-11-5-7-12(8-6-11)16-14-18-17-13(19-14)9-15-10(2)3/h5-8,10,15H,4,9H2,1-3H3,(H,16,18). The lowest BCUT2D eigenvalue weighted by Crippen LogP contribution is -2.21. The Bertz CT molecular complexity index is 504. The van der Waals surface area contributed by atoms with Gasteiger partial charge < -0.3 is 15.1 Å². The normalized spacial score (nSPS) is 10.9. The first kappa shape index (κ1) is 13.5. The van der Waals surface area contributed by atoms with E-state index >= 15 is 0 Å². The van der Waals surface area contributed by atoms with Crippen molar-refractivity contribution in [2.24, 2.45) is 0 Å². The van der Waals surface area contributed by atoms with Gasteiger partial charge in [-0.05, 0) is 24.1 Å². The molecule has 1 heterocycles. The molecule has 0 aliphatic heterocycles. The van der Waals surface area contributed by atoms with E-state index < -0.39 is 0 Å². The molecule has 0 radical (unpaired) electrons. The van der Waals surface area contributed by atoms with Crippen molar-refractivity contribution < 1.29 is 4.42 Å². The fourth-order valence-corrected chi connectivity index (χ4v) is 1.61. The molecule has 2 rings (SSSR count). The molecule has 2 aromatic rings. The maximum absolute atomic E-state index is 5.50. The number of nitrogens with one attached hydrogen (secondary N) is 2. The van der Waals surface area contributed by atoms with Crippen LogP contribution in [0.1, 0.15) is 32.2 Å². The average Bonchev–Trinajstić information content (AvgIpc) is 2.85. The van der Waals surface area contributed by atoms with Gasteiger partial charge in [0.15, 0.2) is 0 Å². The molecule has 2 N–H and O–H groups in total. The molecule has 0 saturated heterocycles. The van der Waals surface area contributed by atoms with E-state index in [0.717, 1.165) is 12.1 Å². The highest BCUT2D eigenvalue weighted by atomic mass is 16.4. The van der Waals surface area contributed by atoms with Crippen molar-refractivity contribution in [2.75, 3.05) is 5.32 Å². The van der Waals surface area contributed by atoms with Crippen molar-refractivity contribution in [3.8, 4) is 0 Å². The Labute approximate surface area is 113 Å². The smallest absolute Gasteiger partial charge is 0.320 e. The van der Waals surface area contributed by atoms with Gasteiger partial charge in [0.05, 0.1) is 6.54 Å². The Hall–Kier alpha value is -1.88. The van der Waals surface area contributed by atoms with E-state index in [4.69, 9.17) is 4.42 Å². The highest BCUT2D eigenvalue weighted by Gasteiger charge is 2.06. The summed E-state index contributed by atoms with van der Waals surface area (Å²) in [6.07, 6.45) is 1.03. The largest absolute Gasteiger partial charge is 0.406 e. The highest BCUT2D eigenvalue weighted by molar-refractivity contribution is 5.52. The number of nitrogens with zero attached hydrogens (tertiary/aromatic N) is 2. The van der Waals surface area contributed by atoms with Gasteiger partial charge >= 0.3 is 6.01 Å². The maximum atomic E-state index is 5.50. The van der Waals surface area contributed by atoms with Gasteiger partial charge in [0.1, 0.15) is 0 Å². The zero-order chi connectivity index (χ0) is 13.7. The fourth-order valence-electron chi connectivity index (χ4n) is 1.61. The van der Waals surface area contributed by atoms with E-state index in [9.17, 15) is 0 Å². The molecule has 0 bridgehead atoms. The van der Waals surface area contributed by atoms with E-state index in [-0.39, 0.29) is 0 Å². The van der Waals surface area contributed by atoms with Gasteiger partial charge in [0.2, 0.25) is 5.89 Å². The summed E-state index contributed by atoms with van der Waals surface area (Å²) in [5.74, 6) is 0.585. The molecule has 5 heteroatoms. The molecule has 0 aliphatic carbocycles. The van der Waals surface area contributed by atoms with Crippen molar-refractivity contribution in [1.29, 1.82) is 0 Å². The van der Waals surface area contributed by atoms with Crippen LogP contribution in [-0.4, -0.2) is 16.2 Å². The topological polar surface area (TPSA) is 63.0 Å². The molecule has 0 amide bonds. The van der Waals surface area contributed by atoms with Crippen molar-refractivity contribution in [3.05, 3.63) is 35.7 Å². The number of rotatable bonds is 6. The van der Waals surface area contributed by atoms with Crippen LogP contribution in [0.25, 0.3) is 0 Å². The summed E-state index contributed by atoms with van der Waals surface area (Å²) < 4.78 is 5.50. The monoisotopic (exact) mass is 260 g/mol. The number of hydrogen-bond donors (Lipinski definition) is 2. The van der Waals surface area contributed by atoms with Crippen LogP contribution >= 0.6 is 0 Å². The van der Waals surface area contributed by atoms with E-state index in [0.29, 0.717) is 24.5 Å². The Kier molecular flexibility index (Phi) is 4.52. The van der Waals surface area contributed by atoms with Crippen molar-refractivity contribution in [3.63, 3.8) is 0 Å². The lowest BCUT2D eigenvalue weighted by molar-refractivity contribution is 0.460. The van der Waals surface area contributed by atoms with Gasteiger partial charge in [-0.25, -0.2) is 0 Å². The first-order valence-electron chi connectivity index (χ1n) is 6.59. The van der Waals surface area contributed by atoms with Crippen LogP contribution in [0, 0.1) is 0 Å². The molecule has 1 aromatic heterocycles. The van der Waals surface area contributed by atoms with Crippen molar-refractivity contribution in [2.45, 2.75) is 39.8 Å². The molecule has 5 nitrogen and oxygen atoms in total. The third-order valence-corrected chi connectivity index (χ3v) is 2.74. The van der Waals surface area contributed by atoms with Crippen LogP contribution in [0.5, 0.6) is 0 Å². The minimum Gasteiger partial charge on any atom is -0.406 e. The van der Waals surface area contributed by atoms with E-state index in [1.165, 1.54) is 5.56 Å².